The van der Waals surface area contributed by atoms with Gasteiger partial charge in [0, 0.05) is 23.1 Å². The second-order valence-electron chi connectivity index (χ2n) is 5.63. The molecule has 1 aromatic heterocycles. The number of nitrogens with zero attached hydrogens (tertiary/aromatic N) is 1. The van der Waals surface area contributed by atoms with Gasteiger partial charge in [-0.05, 0) is 36.5 Å². The van der Waals surface area contributed by atoms with Crippen molar-refractivity contribution in [3.63, 3.8) is 0 Å². The third-order valence-electron chi connectivity index (χ3n) is 4.27. The van der Waals surface area contributed by atoms with E-state index in [-0.39, 0.29) is 12.8 Å². The van der Waals surface area contributed by atoms with Gasteiger partial charge in [0.25, 0.3) is 0 Å². The highest BCUT2D eigenvalue weighted by atomic mass is 32.1. The summed E-state index contributed by atoms with van der Waals surface area (Å²) in [5.41, 5.74) is 3.39. The lowest BCUT2D eigenvalue weighted by Gasteiger charge is -2.32. The van der Waals surface area contributed by atoms with E-state index in [2.05, 4.69) is 35.2 Å². The summed E-state index contributed by atoms with van der Waals surface area (Å²) in [6.45, 7) is 1.20. The highest BCUT2D eigenvalue weighted by molar-refractivity contribution is 7.08. The van der Waals surface area contributed by atoms with Crippen molar-refractivity contribution in [2.45, 2.75) is 12.5 Å². The minimum absolute atomic E-state index is 0.0110. The van der Waals surface area contributed by atoms with E-state index < -0.39 is 0 Å². The standard InChI is InChI=1S/C18H17NO3S/c1-19-7-5-13-9-15-17(22-11-21-15)18(20-2)16(13)14(19)4-3-12-6-8-23-10-12/h6,8-10,14H,5,7,11H2,1-2H3. The van der Waals surface area contributed by atoms with E-state index in [1.165, 1.54) is 5.56 Å². The summed E-state index contributed by atoms with van der Waals surface area (Å²) < 4.78 is 16.8. The van der Waals surface area contributed by atoms with Gasteiger partial charge in [-0.1, -0.05) is 11.8 Å². The van der Waals surface area contributed by atoms with E-state index >= 15 is 0 Å². The summed E-state index contributed by atoms with van der Waals surface area (Å²) in [7, 11) is 3.77. The lowest BCUT2D eigenvalue weighted by Crippen LogP contribution is -2.31. The predicted octanol–water partition coefficient (Wildman–Crippen LogP) is 3.07. The quantitative estimate of drug-likeness (QED) is 0.753. The molecule has 0 aliphatic carbocycles. The molecule has 1 unspecified atom stereocenters. The van der Waals surface area contributed by atoms with Crippen molar-refractivity contribution in [2.75, 3.05) is 27.5 Å². The average Bonchev–Trinajstić information content (AvgIpc) is 3.23. The Morgan fingerprint density at radius 2 is 2.30 bits per heavy atom. The summed E-state index contributed by atoms with van der Waals surface area (Å²) in [6.07, 6.45) is 0.954. The maximum Gasteiger partial charge on any atom is 0.231 e. The van der Waals surface area contributed by atoms with E-state index in [9.17, 15) is 0 Å². The Morgan fingerprint density at radius 3 is 3.09 bits per heavy atom. The van der Waals surface area contributed by atoms with Crippen LogP contribution in [-0.2, 0) is 6.42 Å². The van der Waals surface area contributed by atoms with Gasteiger partial charge in [0.1, 0.15) is 6.04 Å². The number of fused-ring (bicyclic) bond motifs is 2. The van der Waals surface area contributed by atoms with Crippen LogP contribution in [0.1, 0.15) is 22.7 Å². The Morgan fingerprint density at radius 1 is 1.39 bits per heavy atom. The zero-order chi connectivity index (χ0) is 15.8. The average molecular weight is 327 g/mol. The monoisotopic (exact) mass is 327 g/mol. The third-order valence-corrected chi connectivity index (χ3v) is 4.95. The summed E-state index contributed by atoms with van der Waals surface area (Å²) in [6, 6.07) is 4.10. The molecular weight excluding hydrogens is 310 g/mol. The molecule has 2 aliphatic heterocycles. The van der Waals surface area contributed by atoms with Gasteiger partial charge in [0.2, 0.25) is 12.5 Å². The molecule has 23 heavy (non-hydrogen) atoms. The van der Waals surface area contributed by atoms with Crippen LogP contribution in [0.3, 0.4) is 0 Å². The van der Waals surface area contributed by atoms with Gasteiger partial charge in [-0.25, -0.2) is 0 Å². The Bertz CT molecular complexity index is 789. The van der Waals surface area contributed by atoms with Crippen molar-refractivity contribution in [1.82, 2.24) is 4.90 Å². The van der Waals surface area contributed by atoms with E-state index in [0.717, 1.165) is 35.6 Å². The van der Waals surface area contributed by atoms with Crippen LogP contribution in [0.5, 0.6) is 17.2 Å². The second-order valence-corrected chi connectivity index (χ2v) is 6.41. The lowest BCUT2D eigenvalue weighted by atomic mass is 9.91. The van der Waals surface area contributed by atoms with Crippen molar-refractivity contribution >= 4 is 11.3 Å². The van der Waals surface area contributed by atoms with Crippen molar-refractivity contribution in [1.29, 1.82) is 0 Å². The molecule has 0 bridgehead atoms. The van der Waals surface area contributed by atoms with Crippen molar-refractivity contribution in [3.8, 4) is 29.1 Å². The molecule has 5 heteroatoms. The molecule has 0 fully saturated rings. The summed E-state index contributed by atoms with van der Waals surface area (Å²) in [5.74, 6) is 8.90. The molecule has 118 valence electrons. The first-order valence-electron chi connectivity index (χ1n) is 7.51. The molecule has 0 saturated heterocycles. The molecule has 3 heterocycles. The fourth-order valence-corrected chi connectivity index (χ4v) is 3.69. The number of benzene rings is 1. The zero-order valence-corrected chi connectivity index (χ0v) is 13.9. The second kappa shape index (κ2) is 5.80. The zero-order valence-electron chi connectivity index (χ0n) is 13.1. The Hall–Kier alpha value is -2.16. The maximum atomic E-state index is 5.67. The molecule has 1 aromatic carbocycles. The molecule has 1 atom stereocenters. The maximum absolute atomic E-state index is 5.67. The predicted molar refractivity (Wildman–Crippen MR) is 89.4 cm³/mol. The molecule has 0 N–H and O–H groups in total. The molecule has 4 rings (SSSR count). The van der Waals surface area contributed by atoms with Crippen LogP contribution < -0.4 is 14.2 Å². The molecule has 0 amide bonds. The van der Waals surface area contributed by atoms with E-state index in [1.807, 2.05) is 11.4 Å². The van der Waals surface area contributed by atoms with Crippen LogP contribution in [0.25, 0.3) is 0 Å². The molecular formula is C18H17NO3S. The Balaban J connectivity index is 1.83. The van der Waals surface area contributed by atoms with Crippen molar-refractivity contribution in [3.05, 3.63) is 39.6 Å². The minimum atomic E-state index is -0.0110. The summed E-state index contributed by atoms with van der Waals surface area (Å²) >= 11 is 1.66. The highest BCUT2D eigenvalue weighted by Crippen LogP contribution is 2.49. The van der Waals surface area contributed by atoms with Crippen molar-refractivity contribution in [2.24, 2.45) is 0 Å². The molecule has 0 saturated carbocycles. The van der Waals surface area contributed by atoms with Gasteiger partial charge >= 0.3 is 0 Å². The molecule has 0 radical (unpaired) electrons. The normalized spacial score (nSPS) is 19.0. The van der Waals surface area contributed by atoms with E-state index in [4.69, 9.17) is 14.2 Å². The Labute approximate surface area is 139 Å². The van der Waals surface area contributed by atoms with Gasteiger partial charge in [-0.3, -0.25) is 4.90 Å². The fourth-order valence-electron chi connectivity index (χ4n) is 3.10. The third kappa shape index (κ3) is 2.44. The largest absolute Gasteiger partial charge is 0.492 e. The highest BCUT2D eigenvalue weighted by Gasteiger charge is 2.33. The first-order chi connectivity index (χ1) is 11.3. The number of methoxy groups -OCH3 is 1. The van der Waals surface area contributed by atoms with E-state index in [0.29, 0.717) is 5.75 Å². The van der Waals surface area contributed by atoms with Crippen LogP contribution in [0.2, 0.25) is 0 Å². The van der Waals surface area contributed by atoms with Crippen LogP contribution in [-0.4, -0.2) is 32.4 Å². The van der Waals surface area contributed by atoms with Gasteiger partial charge in [-0.2, -0.15) is 11.3 Å². The minimum Gasteiger partial charge on any atom is -0.492 e. The van der Waals surface area contributed by atoms with Crippen LogP contribution >= 0.6 is 11.3 Å². The number of hydrogen-bond acceptors (Lipinski definition) is 5. The first kappa shape index (κ1) is 14.4. The smallest absolute Gasteiger partial charge is 0.231 e. The number of hydrogen-bond donors (Lipinski definition) is 0. The number of thiophene rings is 1. The SMILES string of the molecule is COc1c2c(cc3c1C(C#Cc1ccsc1)N(C)CC3)OCO2. The fraction of sp³-hybridized carbons (Fsp3) is 0.333. The van der Waals surface area contributed by atoms with Crippen LogP contribution in [0.15, 0.2) is 22.9 Å². The number of likely N-dealkylation sites (N-methyl/N-ethyl adjacent to an activating group) is 1. The first-order valence-corrected chi connectivity index (χ1v) is 8.45. The lowest BCUT2D eigenvalue weighted by molar-refractivity contribution is 0.171. The van der Waals surface area contributed by atoms with E-state index in [1.54, 1.807) is 18.4 Å². The van der Waals surface area contributed by atoms with Crippen molar-refractivity contribution < 1.29 is 14.2 Å². The van der Waals surface area contributed by atoms with Gasteiger partial charge in [0.15, 0.2) is 11.5 Å². The number of ether oxygens (including phenoxy) is 3. The topological polar surface area (TPSA) is 30.9 Å². The van der Waals surface area contributed by atoms with Crippen LogP contribution in [0, 0.1) is 11.8 Å². The summed E-state index contributed by atoms with van der Waals surface area (Å²) in [5, 5.41) is 4.11. The molecule has 2 aromatic rings. The molecule has 0 spiro atoms. The molecule has 2 aliphatic rings. The van der Waals surface area contributed by atoms with Gasteiger partial charge in [-0.15, -0.1) is 0 Å². The molecule has 4 nitrogen and oxygen atoms in total. The Kier molecular flexibility index (Phi) is 3.64. The summed E-state index contributed by atoms with van der Waals surface area (Å²) in [4.78, 5) is 2.26. The number of rotatable bonds is 1. The van der Waals surface area contributed by atoms with Gasteiger partial charge in [0.05, 0.1) is 7.11 Å². The van der Waals surface area contributed by atoms with Crippen LogP contribution in [0.4, 0.5) is 0 Å². The van der Waals surface area contributed by atoms with Gasteiger partial charge < -0.3 is 14.2 Å².